The van der Waals surface area contributed by atoms with E-state index in [0.29, 0.717) is 11.2 Å². The van der Waals surface area contributed by atoms with Crippen LogP contribution in [0.3, 0.4) is 0 Å². The predicted molar refractivity (Wildman–Crippen MR) is 107 cm³/mol. The number of carbonyl (C=O) groups is 1. The molecule has 0 amide bonds. The van der Waals surface area contributed by atoms with E-state index in [1.54, 1.807) is 24.5 Å². The molecule has 0 aliphatic rings. The van der Waals surface area contributed by atoms with Gasteiger partial charge < -0.3 is 9.15 Å². The predicted octanol–water partition coefficient (Wildman–Crippen LogP) is 3.51. The van der Waals surface area contributed by atoms with Crippen molar-refractivity contribution in [2.45, 2.75) is 11.8 Å². The third-order valence-corrected chi connectivity index (χ3v) is 5.87. The molecule has 0 unspecified atom stereocenters. The maximum Gasteiger partial charge on any atom is 0.373 e. The number of ether oxygens (including phenoxy) is 1. The number of benzene rings is 2. The first-order chi connectivity index (χ1) is 13.9. The van der Waals surface area contributed by atoms with Gasteiger partial charge in [0.2, 0.25) is 5.76 Å². The lowest BCUT2D eigenvalue weighted by Gasteiger charge is -2.08. The molecule has 0 aliphatic heterocycles. The first-order valence-electron chi connectivity index (χ1n) is 8.63. The van der Waals surface area contributed by atoms with Crippen molar-refractivity contribution >= 4 is 32.7 Å². The highest BCUT2D eigenvalue weighted by atomic mass is 32.2. The van der Waals surface area contributed by atoms with Gasteiger partial charge in [-0.15, -0.1) is 0 Å². The Kier molecular flexibility index (Phi) is 4.59. The summed E-state index contributed by atoms with van der Waals surface area (Å²) in [6.07, 6.45) is 1.68. The van der Waals surface area contributed by atoms with E-state index in [-0.39, 0.29) is 16.4 Å². The van der Waals surface area contributed by atoms with Gasteiger partial charge in [0.15, 0.2) is 0 Å². The highest BCUT2D eigenvalue weighted by Gasteiger charge is 2.24. The largest absolute Gasteiger partial charge is 0.463 e. The van der Waals surface area contributed by atoms with E-state index in [2.05, 4.69) is 14.4 Å². The van der Waals surface area contributed by atoms with Crippen molar-refractivity contribution in [3.05, 3.63) is 72.4 Å². The van der Waals surface area contributed by atoms with Crippen LogP contribution < -0.4 is 4.72 Å². The zero-order valence-corrected chi connectivity index (χ0v) is 16.4. The lowest BCUT2D eigenvalue weighted by atomic mass is 10.2. The SMILES string of the molecule is COC(=O)c1cc(S(=O)(=O)Nc2ccc3c(c2)ncn3-c2ccccc2)c(C)o1. The van der Waals surface area contributed by atoms with Crippen molar-refractivity contribution in [2.75, 3.05) is 11.8 Å². The topological polar surface area (TPSA) is 103 Å². The van der Waals surface area contributed by atoms with Gasteiger partial charge in [-0.3, -0.25) is 9.29 Å². The molecule has 4 rings (SSSR count). The summed E-state index contributed by atoms with van der Waals surface area (Å²) < 4.78 is 39.7. The van der Waals surface area contributed by atoms with Crippen LogP contribution in [-0.2, 0) is 14.8 Å². The molecule has 0 atom stereocenters. The van der Waals surface area contributed by atoms with E-state index in [0.717, 1.165) is 17.3 Å². The van der Waals surface area contributed by atoms with Crippen LogP contribution in [0.5, 0.6) is 0 Å². The minimum atomic E-state index is -3.97. The molecule has 0 radical (unpaired) electrons. The first-order valence-corrected chi connectivity index (χ1v) is 10.1. The van der Waals surface area contributed by atoms with Crippen LogP contribution in [-0.4, -0.2) is 31.0 Å². The quantitative estimate of drug-likeness (QED) is 0.504. The van der Waals surface area contributed by atoms with Crippen LogP contribution in [0.2, 0.25) is 0 Å². The number of para-hydroxylation sites is 1. The number of carbonyl (C=O) groups excluding carboxylic acids is 1. The Morgan fingerprint density at radius 2 is 1.90 bits per heavy atom. The number of anilines is 1. The zero-order chi connectivity index (χ0) is 20.6. The molecule has 2 heterocycles. The van der Waals surface area contributed by atoms with Gasteiger partial charge in [-0.25, -0.2) is 18.2 Å². The fourth-order valence-electron chi connectivity index (χ4n) is 3.01. The minimum Gasteiger partial charge on any atom is -0.463 e. The highest BCUT2D eigenvalue weighted by Crippen LogP contribution is 2.26. The van der Waals surface area contributed by atoms with Gasteiger partial charge in [-0.05, 0) is 37.3 Å². The van der Waals surface area contributed by atoms with Gasteiger partial charge in [0, 0.05) is 11.8 Å². The molecule has 9 heteroatoms. The normalized spacial score (nSPS) is 11.5. The molecular weight excluding hydrogens is 394 g/mol. The number of esters is 1. The van der Waals surface area contributed by atoms with Gasteiger partial charge in [-0.1, -0.05) is 18.2 Å². The van der Waals surface area contributed by atoms with Crippen molar-refractivity contribution in [1.82, 2.24) is 9.55 Å². The summed E-state index contributed by atoms with van der Waals surface area (Å²) in [6.45, 7) is 1.46. The van der Waals surface area contributed by atoms with Crippen LogP contribution in [0, 0.1) is 6.92 Å². The fourth-order valence-corrected chi connectivity index (χ4v) is 4.24. The van der Waals surface area contributed by atoms with Gasteiger partial charge in [-0.2, -0.15) is 0 Å². The lowest BCUT2D eigenvalue weighted by Crippen LogP contribution is -2.13. The summed E-state index contributed by atoms with van der Waals surface area (Å²) >= 11 is 0. The van der Waals surface area contributed by atoms with Crippen molar-refractivity contribution in [3.63, 3.8) is 0 Å². The number of imidazole rings is 1. The van der Waals surface area contributed by atoms with Crippen LogP contribution in [0.25, 0.3) is 16.7 Å². The number of fused-ring (bicyclic) bond motifs is 1. The van der Waals surface area contributed by atoms with Crippen LogP contribution >= 0.6 is 0 Å². The van der Waals surface area contributed by atoms with E-state index in [9.17, 15) is 13.2 Å². The number of hydrogen-bond donors (Lipinski definition) is 1. The number of sulfonamides is 1. The Hall–Kier alpha value is -3.59. The molecule has 8 nitrogen and oxygen atoms in total. The van der Waals surface area contributed by atoms with Gasteiger partial charge >= 0.3 is 5.97 Å². The average Bonchev–Trinajstić information content (AvgIpc) is 3.31. The number of rotatable bonds is 5. The van der Waals surface area contributed by atoms with E-state index in [4.69, 9.17) is 4.42 Å². The molecule has 29 heavy (non-hydrogen) atoms. The van der Waals surface area contributed by atoms with Crippen molar-refractivity contribution in [2.24, 2.45) is 0 Å². The Morgan fingerprint density at radius 3 is 2.62 bits per heavy atom. The second-order valence-corrected chi connectivity index (χ2v) is 7.93. The summed E-state index contributed by atoms with van der Waals surface area (Å²) in [4.78, 5) is 15.8. The summed E-state index contributed by atoms with van der Waals surface area (Å²) in [5.41, 5.74) is 2.77. The van der Waals surface area contributed by atoms with E-state index < -0.39 is 16.0 Å². The fraction of sp³-hybridized carbons (Fsp3) is 0.100. The number of methoxy groups -OCH3 is 1. The van der Waals surface area contributed by atoms with Crippen LogP contribution in [0.1, 0.15) is 16.3 Å². The molecule has 2 aromatic heterocycles. The minimum absolute atomic E-state index is 0.0901. The smallest absolute Gasteiger partial charge is 0.373 e. The Morgan fingerprint density at radius 1 is 1.14 bits per heavy atom. The molecule has 0 bridgehead atoms. The third-order valence-electron chi connectivity index (χ3n) is 4.38. The highest BCUT2D eigenvalue weighted by molar-refractivity contribution is 7.92. The van der Waals surface area contributed by atoms with Crippen LogP contribution in [0.4, 0.5) is 5.69 Å². The average molecular weight is 411 g/mol. The van der Waals surface area contributed by atoms with Crippen LogP contribution in [0.15, 0.2) is 70.2 Å². The second kappa shape index (κ2) is 7.10. The third kappa shape index (κ3) is 3.47. The van der Waals surface area contributed by atoms with Crippen molar-refractivity contribution in [3.8, 4) is 5.69 Å². The Bertz CT molecular complexity index is 1310. The zero-order valence-electron chi connectivity index (χ0n) is 15.6. The number of furan rings is 1. The molecule has 0 fully saturated rings. The van der Waals surface area contributed by atoms with Crippen molar-refractivity contribution < 1.29 is 22.4 Å². The maximum atomic E-state index is 12.8. The van der Waals surface area contributed by atoms with E-state index >= 15 is 0 Å². The lowest BCUT2D eigenvalue weighted by molar-refractivity contribution is 0.0563. The number of nitrogens with zero attached hydrogens (tertiary/aromatic N) is 2. The Labute approximate surface area is 166 Å². The number of aromatic nitrogens is 2. The van der Waals surface area contributed by atoms with Crippen molar-refractivity contribution in [1.29, 1.82) is 0 Å². The molecular formula is C20H17N3O5S. The number of hydrogen-bond acceptors (Lipinski definition) is 6. The standard InChI is InChI=1S/C20H17N3O5S/c1-13-19(11-18(28-13)20(24)27-2)29(25,26)22-14-8-9-17-16(10-14)21-12-23(17)15-6-4-3-5-7-15/h3-12,22H,1-2H3. The molecule has 0 saturated heterocycles. The van der Waals surface area contributed by atoms with Gasteiger partial charge in [0.25, 0.3) is 10.0 Å². The molecule has 4 aromatic rings. The maximum absolute atomic E-state index is 12.8. The molecule has 1 N–H and O–H groups in total. The van der Waals surface area contributed by atoms with E-state index in [1.165, 1.54) is 14.0 Å². The Balaban J connectivity index is 1.66. The molecule has 0 aliphatic carbocycles. The molecule has 2 aromatic carbocycles. The number of aryl methyl sites for hydroxylation is 1. The first kappa shape index (κ1) is 18.8. The molecule has 148 valence electrons. The second-order valence-electron chi connectivity index (χ2n) is 6.28. The summed E-state index contributed by atoms with van der Waals surface area (Å²) in [5, 5.41) is 0. The van der Waals surface area contributed by atoms with Gasteiger partial charge in [0.1, 0.15) is 17.0 Å². The summed E-state index contributed by atoms with van der Waals surface area (Å²) in [7, 11) is -2.77. The number of nitrogens with one attached hydrogen (secondary N) is 1. The van der Waals surface area contributed by atoms with Gasteiger partial charge in [0.05, 0.1) is 23.8 Å². The molecule has 0 saturated carbocycles. The van der Waals surface area contributed by atoms with E-state index in [1.807, 2.05) is 34.9 Å². The monoisotopic (exact) mass is 411 g/mol. The molecule has 0 spiro atoms. The summed E-state index contributed by atoms with van der Waals surface area (Å²) in [5.74, 6) is -0.836. The summed E-state index contributed by atoms with van der Waals surface area (Å²) in [6, 6.07) is 15.9.